The van der Waals surface area contributed by atoms with E-state index >= 15 is 0 Å². The molecule has 1 amide bonds. The molecule has 0 heterocycles. The van der Waals surface area contributed by atoms with Gasteiger partial charge in [0.05, 0.1) is 6.61 Å². The van der Waals surface area contributed by atoms with E-state index in [-0.39, 0.29) is 6.61 Å². The SMILES string of the molecule is COCC(N)C(=O)Nc1cccc(OCC(=O)O)c1. The largest absolute Gasteiger partial charge is 0.482 e. The lowest BCUT2D eigenvalue weighted by Crippen LogP contribution is -2.39. The summed E-state index contributed by atoms with van der Waals surface area (Å²) in [7, 11) is 1.45. The molecule has 0 aliphatic rings. The first kappa shape index (κ1) is 14.9. The molecule has 4 N–H and O–H groups in total. The third kappa shape index (κ3) is 5.36. The molecule has 0 saturated carbocycles. The molecule has 1 unspecified atom stereocenters. The minimum absolute atomic E-state index is 0.112. The topological polar surface area (TPSA) is 111 Å². The minimum atomic E-state index is -1.07. The highest BCUT2D eigenvalue weighted by Crippen LogP contribution is 2.17. The van der Waals surface area contributed by atoms with Crippen LogP contribution >= 0.6 is 0 Å². The van der Waals surface area contributed by atoms with Crippen LogP contribution in [0.5, 0.6) is 5.75 Å². The van der Waals surface area contributed by atoms with Crippen LogP contribution in [0.25, 0.3) is 0 Å². The van der Waals surface area contributed by atoms with E-state index in [0.717, 1.165) is 0 Å². The molecular weight excluding hydrogens is 252 g/mol. The number of rotatable bonds is 7. The maximum Gasteiger partial charge on any atom is 0.341 e. The smallest absolute Gasteiger partial charge is 0.341 e. The van der Waals surface area contributed by atoms with Crippen molar-refractivity contribution in [1.29, 1.82) is 0 Å². The van der Waals surface area contributed by atoms with Crippen molar-refractivity contribution in [3.8, 4) is 5.75 Å². The number of benzene rings is 1. The van der Waals surface area contributed by atoms with Crippen molar-refractivity contribution >= 4 is 17.6 Å². The van der Waals surface area contributed by atoms with Gasteiger partial charge in [0.25, 0.3) is 0 Å². The minimum Gasteiger partial charge on any atom is -0.482 e. The molecule has 0 fully saturated rings. The lowest BCUT2D eigenvalue weighted by molar-refractivity contribution is -0.139. The molecule has 1 atom stereocenters. The summed E-state index contributed by atoms with van der Waals surface area (Å²) in [5.41, 5.74) is 6.04. The van der Waals surface area contributed by atoms with Crippen LogP contribution in [0.3, 0.4) is 0 Å². The number of hydrogen-bond donors (Lipinski definition) is 3. The number of carboxylic acid groups (broad SMARTS) is 1. The zero-order chi connectivity index (χ0) is 14.3. The molecule has 19 heavy (non-hydrogen) atoms. The van der Waals surface area contributed by atoms with Gasteiger partial charge in [0.2, 0.25) is 5.91 Å². The monoisotopic (exact) mass is 268 g/mol. The normalized spacial score (nSPS) is 11.7. The summed E-state index contributed by atoms with van der Waals surface area (Å²) in [6.45, 7) is -0.332. The quantitative estimate of drug-likeness (QED) is 0.645. The summed E-state index contributed by atoms with van der Waals surface area (Å²) in [5, 5.41) is 11.1. The van der Waals surface area contributed by atoms with Gasteiger partial charge in [-0.3, -0.25) is 4.79 Å². The lowest BCUT2D eigenvalue weighted by atomic mass is 10.2. The second-order valence-electron chi connectivity index (χ2n) is 3.76. The van der Waals surface area contributed by atoms with Gasteiger partial charge in [-0.1, -0.05) is 6.07 Å². The second kappa shape index (κ2) is 7.34. The van der Waals surface area contributed by atoms with E-state index in [9.17, 15) is 9.59 Å². The first-order chi connectivity index (χ1) is 9.02. The van der Waals surface area contributed by atoms with E-state index in [1.165, 1.54) is 13.2 Å². The van der Waals surface area contributed by atoms with Crippen LogP contribution < -0.4 is 15.8 Å². The molecule has 1 rings (SSSR count). The van der Waals surface area contributed by atoms with Crippen LogP contribution in [-0.2, 0) is 14.3 Å². The Morgan fingerprint density at radius 3 is 2.84 bits per heavy atom. The molecule has 0 aromatic heterocycles. The van der Waals surface area contributed by atoms with E-state index in [4.69, 9.17) is 20.3 Å². The van der Waals surface area contributed by atoms with Crippen LogP contribution in [-0.4, -0.2) is 43.3 Å². The Hall–Kier alpha value is -2.12. The number of ether oxygens (including phenoxy) is 2. The van der Waals surface area contributed by atoms with Crippen LogP contribution in [0.2, 0.25) is 0 Å². The Labute approximate surface area is 110 Å². The molecule has 1 aromatic carbocycles. The number of amides is 1. The van der Waals surface area contributed by atoms with Gasteiger partial charge in [-0.2, -0.15) is 0 Å². The number of carbonyl (C=O) groups excluding carboxylic acids is 1. The number of methoxy groups -OCH3 is 1. The maximum atomic E-state index is 11.6. The molecule has 0 aliphatic heterocycles. The summed E-state index contributed by atoms with van der Waals surface area (Å²) < 4.78 is 9.77. The fourth-order valence-electron chi connectivity index (χ4n) is 1.30. The predicted octanol–water partition coefficient (Wildman–Crippen LogP) is 0.0622. The van der Waals surface area contributed by atoms with E-state index in [0.29, 0.717) is 11.4 Å². The fourth-order valence-corrected chi connectivity index (χ4v) is 1.30. The first-order valence-electron chi connectivity index (χ1n) is 5.53. The standard InChI is InChI=1S/C12H16N2O5/c1-18-6-10(13)12(17)14-8-3-2-4-9(5-8)19-7-11(15)16/h2-5,10H,6-7,13H2,1H3,(H,14,17)(H,15,16). The molecule has 7 heteroatoms. The van der Waals surface area contributed by atoms with Crippen LogP contribution in [0.4, 0.5) is 5.69 Å². The van der Waals surface area contributed by atoms with Crippen molar-refractivity contribution in [2.45, 2.75) is 6.04 Å². The van der Waals surface area contributed by atoms with Gasteiger partial charge in [0.15, 0.2) is 6.61 Å². The highest BCUT2D eigenvalue weighted by molar-refractivity contribution is 5.94. The van der Waals surface area contributed by atoms with Crippen molar-refractivity contribution in [3.05, 3.63) is 24.3 Å². The molecule has 0 radical (unpaired) electrons. The molecule has 0 saturated heterocycles. The Morgan fingerprint density at radius 2 is 2.21 bits per heavy atom. The van der Waals surface area contributed by atoms with Crippen LogP contribution in [0.1, 0.15) is 0 Å². The first-order valence-corrected chi connectivity index (χ1v) is 5.53. The average molecular weight is 268 g/mol. The molecule has 0 spiro atoms. The molecule has 7 nitrogen and oxygen atoms in total. The van der Waals surface area contributed by atoms with Gasteiger partial charge < -0.3 is 25.6 Å². The predicted molar refractivity (Wildman–Crippen MR) is 68.1 cm³/mol. The molecule has 104 valence electrons. The van der Waals surface area contributed by atoms with Gasteiger partial charge in [-0.05, 0) is 12.1 Å². The number of nitrogens with one attached hydrogen (secondary N) is 1. The van der Waals surface area contributed by atoms with Gasteiger partial charge in [-0.25, -0.2) is 4.79 Å². The number of carboxylic acids is 1. The summed E-state index contributed by atoms with van der Waals surface area (Å²) in [6, 6.07) is 5.61. The van der Waals surface area contributed by atoms with E-state index in [1.54, 1.807) is 18.2 Å². The van der Waals surface area contributed by atoms with Crippen molar-refractivity contribution in [2.75, 3.05) is 25.6 Å². The van der Waals surface area contributed by atoms with Gasteiger partial charge in [0.1, 0.15) is 11.8 Å². The number of anilines is 1. The van der Waals surface area contributed by atoms with Crippen LogP contribution in [0.15, 0.2) is 24.3 Å². The van der Waals surface area contributed by atoms with E-state index in [1.807, 2.05) is 0 Å². The van der Waals surface area contributed by atoms with Gasteiger partial charge in [-0.15, -0.1) is 0 Å². The zero-order valence-electron chi connectivity index (χ0n) is 10.5. The zero-order valence-corrected chi connectivity index (χ0v) is 10.5. The Bertz CT molecular complexity index is 450. The van der Waals surface area contributed by atoms with E-state index < -0.39 is 24.5 Å². The average Bonchev–Trinajstić information content (AvgIpc) is 2.37. The lowest BCUT2D eigenvalue weighted by Gasteiger charge is -2.12. The highest BCUT2D eigenvalue weighted by atomic mass is 16.5. The van der Waals surface area contributed by atoms with Crippen LogP contribution in [0, 0.1) is 0 Å². The summed E-state index contributed by atoms with van der Waals surface area (Å²) >= 11 is 0. The Morgan fingerprint density at radius 1 is 1.47 bits per heavy atom. The number of aliphatic carboxylic acids is 1. The molecular formula is C12H16N2O5. The number of nitrogens with two attached hydrogens (primary N) is 1. The fraction of sp³-hybridized carbons (Fsp3) is 0.333. The van der Waals surface area contributed by atoms with Gasteiger partial charge in [0, 0.05) is 18.9 Å². The summed E-state index contributed by atoms with van der Waals surface area (Å²) in [5.74, 6) is -1.12. The van der Waals surface area contributed by atoms with Crippen molar-refractivity contribution in [1.82, 2.24) is 0 Å². The molecule has 1 aromatic rings. The van der Waals surface area contributed by atoms with Crippen molar-refractivity contribution in [2.24, 2.45) is 5.73 Å². The molecule has 0 aliphatic carbocycles. The third-order valence-corrected chi connectivity index (χ3v) is 2.15. The highest BCUT2D eigenvalue weighted by Gasteiger charge is 2.13. The Kier molecular flexibility index (Phi) is 5.77. The third-order valence-electron chi connectivity index (χ3n) is 2.15. The summed E-state index contributed by atoms with van der Waals surface area (Å²) in [6.07, 6.45) is 0. The van der Waals surface area contributed by atoms with Gasteiger partial charge >= 0.3 is 5.97 Å². The van der Waals surface area contributed by atoms with E-state index in [2.05, 4.69) is 5.32 Å². The molecule has 0 bridgehead atoms. The maximum absolute atomic E-state index is 11.6. The number of carbonyl (C=O) groups is 2. The Balaban J connectivity index is 2.61. The number of hydrogen-bond acceptors (Lipinski definition) is 5. The second-order valence-corrected chi connectivity index (χ2v) is 3.76. The van der Waals surface area contributed by atoms with Crippen molar-refractivity contribution < 1.29 is 24.2 Å². The summed E-state index contributed by atoms with van der Waals surface area (Å²) in [4.78, 5) is 22.0. The van der Waals surface area contributed by atoms with Crippen molar-refractivity contribution in [3.63, 3.8) is 0 Å².